The molecule has 0 spiro atoms. The van der Waals surface area contributed by atoms with Crippen molar-refractivity contribution in [2.75, 3.05) is 20.4 Å². The normalized spacial score (nSPS) is 12.1. The standard InChI is InChI=1S/C19H21NO4/c1-13-5-4-6-14(2)19(13)22-11-18(21)20(3)10-15-7-8-16-17(9-15)24-12-23-16/h4-9H,10-12H2,1-3H3. The van der Waals surface area contributed by atoms with Gasteiger partial charge in [-0.3, -0.25) is 4.79 Å². The lowest BCUT2D eigenvalue weighted by Crippen LogP contribution is -2.31. The Morgan fingerprint density at radius 1 is 1.12 bits per heavy atom. The van der Waals surface area contributed by atoms with Crippen LogP contribution in [0.4, 0.5) is 0 Å². The number of hydrogen-bond acceptors (Lipinski definition) is 4. The largest absolute Gasteiger partial charge is 0.483 e. The second-order valence-corrected chi connectivity index (χ2v) is 5.95. The van der Waals surface area contributed by atoms with Gasteiger partial charge in [0.1, 0.15) is 5.75 Å². The number of likely N-dealkylation sites (N-methyl/N-ethyl adjacent to an activating group) is 1. The molecule has 0 atom stereocenters. The molecular formula is C19H21NO4. The molecule has 0 fully saturated rings. The summed E-state index contributed by atoms with van der Waals surface area (Å²) in [5, 5.41) is 0. The van der Waals surface area contributed by atoms with Gasteiger partial charge in [0.2, 0.25) is 6.79 Å². The number of fused-ring (bicyclic) bond motifs is 1. The number of carbonyl (C=O) groups excluding carboxylic acids is 1. The van der Waals surface area contributed by atoms with Gasteiger partial charge in [-0.1, -0.05) is 24.3 Å². The molecule has 1 amide bonds. The Labute approximate surface area is 141 Å². The molecular weight excluding hydrogens is 306 g/mol. The third kappa shape index (κ3) is 3.45. The zero-order chi connectivity index (χ0) is 17.1. The number of ether oxygens (including phenoxy) is 3. The molecule has 0 aromatic heterocycles. The fourth-order valence-corrected chi connectivity index (χ4v) is 2.67. The molecule has 0 unspecified atom stereocenters. The highest BCUT2D eigenvalue weighted by molar-refractivity contribution is 5.77. The van der Waals surface area contributed by atoms with Crippen LogP contribution in [0.25, 0.3) is 0 Å². The van der Waals surface area contributed by atoms with Gasteiger partial charge in [-0.25, -0.2) is 0 Å². The van der Waals surface area contributed by atoms with Crippen molar-refractivity contribution < 1.29 is 19.0 Å². The summed E-state index contributed by atoms with van der Waals surface area (Å²) in [4.78, 5) is 14.0. The lowest BCUT2D eigenvalue weighted by Gasteiger charge is -2.19. The van der Waals surface area contributed by atoms with Gasteiger partial charge >= 0.3 is 0 Å². The van der Waals surface area contributed by atoms with Crippen molar-refractivity contribution in [2.24, 2.45) is 0 Å². The van der Waals surface area contributed by atoms with E-state index in [1.807, 2.05) is 50.2 Å². The third-order valence-electron chi connectivity index (χ3n) is 4.03. The molecule has 2 aromatic rings. The van der Waals surface area contributed by atoms with Crippen LogP contribution < -0.4 is 14.2 Å². The average molecular weight is 327 g/mol. The summed E-state index contributed by atoms with van der Waals surface area (Å²) in [6.07, 6.45) is 0. The van der Waals surface area contributed by atoms with Crippen molar-refractivity contribution >= 4 is 5.91 Å². The molecule has 0 saturated carbocycles. The van der Waals surface area contributed by atoms with Gasteiger partial charge in [0.25, 0.3) is 5.91 Å². The Kier molecular flexibility index (Phi) is 4.60. The number of nitrogens with zero attached hydrogens (tertiary/aromatic N) is 1. The molecule has 0 aliphatic carbocycles. The summed E-state index contributed by atoms with van der Waals surface area (Å²) in [6, 6.07) is 11.6. The zero-order valence-electron chi connectivity index (χ0n) is 14.2. The Bertz CT molecular complexity index is 737. The van der Waals surface area contributed by atoms with E-state index in [1.165, 1.54) is 0 Å². The Hall–Kier alpha value is -2.69. The topological polar surface area (TPSA) is 48.0 Å². The van der Waals surface area contributed by atoms with E-state index in [1.54, 1.807) is 11.9 Å². The van der Waals surface area contributed by atoms with Crippen LogP contribution in [0.15, 0.2) is 36.4 Å². The first kappa shape index (κ1) is 16.2. The Morgan fingerprint density at radius 3 is 2.58 bits per heavy atom. The fourth-order valence-electron chi connectivity index (χ4n) is 2.67. The minimum Gasteiger partial charge on any atom is -0.483 e. The predicted octanol–water partition coefficient (Wildman–Crippen LogP) is 3.07. The van der Waals surface area contributed by atoms with E-state index in [-0.39, 0.29) is 19.3 Å². The maximum Gasteiger partial charge on any atom is 0.260 e. The second-order valence-electron chi connectivity index (χ2n) is 5.95. The van der Waals surface area contributed by atoms with Crippen molar-refractivity contribution in [3.63, 3.8) is 0 Å². The Morgan fingerprint density at radius 2 is 1.83 bits per heavy atom. The van der Waals surface area contributed by atoms with Crippen molar-refractivity contribution in [1.29, 1.82) is 0 Å². The molecule has 0 radical (unpaired) electrons. The maximum absolute atomic E-state index is 12.3. The first-order chi connectivity index (χ1) is 11.5. The molecule has 5 heteroatoms. The van der Waals surface area contributed by atoms with Gasteiger partial charge < -0.3 is 19.1 Å². The molecule has 0 saturated heterocycles. The van der Waals surface area contributed by atoms with Gasteiger partial charge in [0.05, 0.1) is 0 Å². The molecule has 1 aliphatic rings. The predicted molar refractivity (Wildman–Crippen MR) is 90.5 cm³/mol. The van der Waals surface area contributed by atoms with Gasteiger partial charge in [-0.15, -0.1) is 0 Å². The van der Waals surface area contributed by atoms with Crippen LogP contribution in [-0.4, -0.2) is 31.3 Å². The first-order valence-electron chi connectivity index (χ1n) is 7.86. The number of hydrogen-bond donors (Lipinski definition) is 0. The smallest absolute Gasteiger partial charge is 0.260 e. The number of benzene rings is 2. The van der Waals surface area contributed by atoms with Crippen LogP contribution in [-0.2, 0) is 11.3 Å². The highest BCUT2D eigenvalue weighted by atomic mass is 16.7. The molecule has 1 aliphatic heterocycles. The van der Waals surface area contributed by atoms with Crippen LogP contribution >= 0.6 is 0 Å². The monoisotopic (exact) mass is 327 g/mol. The highest BCUT2D eigenvalue weighted by Crippen LogP contribution is 2.32. The van der Waals surface area contributed by atoms with E-state index >= 15 is 0 Å². The number of carbonyl (C=O) groups is 1. The molecule has 0 bridgehead atoms. The molecule has 2 aromatic carbocycles. The van der Waals surface area contributed by atoms with Gasteiger partial charge in [-0.05, 0) is 42.7 Å². The fraction of sp³-hybridized carbons (Fsp3) is 0.316. The minimum atomic E-state index is -0.0738. The van der Waals surface area contributed by atoms with E-state index < -0.39 is 0 Å². The zero-order valence-corrected chi connectivity index (χ0v) is 14.2. The average Bonchev–Trinajstić information content (AvgIpc) is 3.01. The van der Waals surface area contributed by atoms with Crippen LogP contribution in [0.3, 0.4) is 0 Å². The van der Waals surface area contributed by atoms with Crippen molar-refractivity contribution in [1.82, 2.24) is 4.90 Å². The van der Waals surface area contributed by atoms with E-state index in [0.29, 0.717) is 6.54 Å². The maximum atomic E-state index is 12.3. The van der Waals surface area contributed by atoms with E-state index in [9.17, 15) is 4.79 Å². The van der Waals surface area contributed by atoms with Crippen LogP contribution in [0.1, 0.15) is 16.7 Å². The number of aryl methyl sites for hydroxylation is 2. The molecule has 1 heterocycles. The minimum absolute atomic E-state index is 0.0206. The van der Waals surface area contributed by atoms with Gasteiger partial charge in [0, 0.05) is 13.6 Å². The SMILES string of the molecule is Cc1cccc(C)c1OCC(=O)N(C)Cc1ccc2c(c1)OCO2. The lowest BCUT2D eigenvalue weighted by atomic mass is 10.1. The van der Waals surface area contributed by atoms with E-state index in [2.05, 4.69) is 0 Å². The van der Waals surface area contributed by atoms with E-state index in [4.69, 9.17) is 14.2 Å². The number of para-hydroxylation sites is 1. The lowest BCUT2D eigenvalue weighted by molar-refractivity contribution is -0.132. The summed E-state index contributed by atoms with van der Waals surface area (Å²) in [5.74, 6) is 2.17. The summed E-state index contributed by atoms with van der Waals surface area (Å²) in [7, 11) is 1.76. The van der Waals surface area contributed by atoms with Crippen molar-refractivity contribution in [3.8, 4) is 17.2 Å². The van der Waals surface area contributed by atoms with Crippen LogP contribution in [0, 0.1) is 13.8 Å². The number of amides is 1. The first-order valence-corrected chi connectivity index (χ1v) is 7.86. The summed E-state index contributed by atoms with van der Waals surface area (Å²) in [5.41, 5.74) is 3.05. The van der Waals surface area contributed by atoms with Gasteiger partial charge in [0.15, 0.2) is 18.1 Å². The summed E-state index contributed by atoms with van der Waals surface area (Å²) >= 11 is 0. The molecule has 3 rings (SSSR count). The number of rotatable bonds is 5. The highest BCUT2D eigenvalue weighted by Gasteiger charge is 2.16. The second kappa shape index (κ2) is 6.83. The van der Waals surface area contributed by atoms with Crippen LogP contribution in [0.2, 0.25) is 0 Å². The quantitative estimate of drug-likeness (QED) is 0.847. The van der Waals surface area contributed by atoms with Crippen molar-refractivity contribution in [2.45, 2.75) is 20.4 Å². The Balaban J connectivity index is 1.59. The van der Waals surface area contributed by atoms with Crippen molar-refractivity contribution in [3.05, 3.63) is 53.1 Å². The molecule has 5 nitrogen and oxygen atoms in total. The summed E-state index contributed by atoms with van der Waals surface area (Å²) in [6.45, 7) is 4.71. The summed E-state index contributed by atoms with van der Waals surface area (Å²) < 4.78 is 16.4. The van der Waals surface area contributed by atoms with E-state index in [0.717, 1.165) is 33.9 Å². The molecule has 126 valence electrons. The molecule has 0 N–H and O–H groups in total. The van der Waals surface area contributed by atoms with Crippen LogP contribution in [0.5, 0.6) is 17.2 Å². The third-order valence-corrected chi connectivity index (χ3v) is 4.03. The van der Waals surface area contributed by atoms with Gasteiger partial charge in [-0.2, -0.15) is 0 Å². The molecule has 24 heavy (non-hydrogen) atoms.